The Balaban J connectivity index is 2.65. The Morgan fingerprint density at radius 3 is 0.873 bits per heavy atom. The second kappa shape index (κ2) is 49.6. The van der Waals surface area contributed by atoms with Crippen LogP contribution in [0.3, 0.4) is 0 Å². The Morgan fingerprint density at radius 1 is 0.314 bits per heavy atom. The van der Waals surface area contributed by atoms with Crippen LogP contribution in [0.1, 0.15) is 51.0 Å². The zero-order valence-electron chi connectivity index (χ0n) is 55.5. The van der Waals surface area contributed by atoms with Crippen LogP contribution in [0.2, 0.25) is 0 Å². The number of primary amides is 1. The fraction of sp³-hybridized carbons (Fsp3) is 0.579. The van der Waals surface area contributed by atoms with E-state index in [2.05, 4.69) is 90.4 Å². The first-order valence-electron chi connectivity index (χ1n) is 31.4. The molecule has 0 aliphatic heterocycles. The highest BCUT2D eigenvalue weighted by Gasteiger charge is 2.33. The molecule has 1 aromatic rings. The van der Waals surface area contributed by atoms with Gasteiger partial charge in [-0.1, -0.05) is 12.1 Å². The van der Waals surface area contributed by atoms with Gasteiger partial charge in [-0.3, -0.25) is 86.3 Å². The first kappa shape index (κ1) is 89.2. The van der Waals surface area contributed by atoms with Gasteiger partial charge in [-0.15, -0.1) is 0 Å². The number of phenols is 1. The first-order valence-corrected chi connectivity index (χ1v) is 31.4. The lowest BCUT2D eigenvalue weighted by atomic mass is 10.0. The number of hydrogen-bond acceptors (Lipinski definition) is 27. The lowest BCUT2D eigenvalue weighted by Crippen LogP contribution is -2.59. The van der Waals surface area contributed by atoms with Gasteiger partial charge in [0.25, 0.3) is 0 Å². The number of unbranched alkanes of at least 4 members (excludes halogenated alkanes) is 2. The topological polar surface area (TPSA) is 731 Å². The summed E-state index contributed by atoms with van der Waals surface area (Å²) in [6.45, 7) is -10.6. The van der Waals surface area contributed by atoms with Crippen LogP contribution in [-0.4, -0.2) is 302 Å². The normalized spacial score (nSPS) is 13.3. The number of aliphatic hydroxyl groups excluding tert-OH is 6. The molecule has 0 heterocycles. The van der Waals surface area contributed by atoms with Crippen LogP contribution in [0.4, 0.5) is 0 Å². The molecule has 0 radical (unpaired) electrons. The standard InChI is InChI=1S/C57H92N20O25/c1-29(84)69-38(26-81)55(100)74-34(14-30-8-10-31(85)11-9-30)54(99)77-37(25-80)51(96)68-20-46(91)64-16-42(87)62-18-44(89)66-22-48(93)71-40(28-83)57(102)73-33(7-3-5-13-59)53(98)76-36(24-79)50(95)67-19-45(90)63-15-41(86)61-17-43(88)65-21-47(92)70-39(27-82)56(101)72-32(6-2-4-12-58)52(97)75-35(23-78)49(60)94/h8-11,32-40,78-83,85H,2-7,12-28,58-59H2,1H3,(H2,60,94)(H,61,86)(H,62,87)(H,63,90)(H,64,91)(H,65,88)(H,66,89)(H,67,95)(H,68,96)(H,69,84)(H,70,92)(H,71,93)(H,72,101)(H,73,102)(H,74,100)(H,75,97)(H,76,98)(H,77,99)/t32-,33-,34-,35-,36-,37-,38-,39-,40-/m0/s1. The van der Waals surface area contributed by atoms with E-state index in [9.17, 15) is 122 Å². The van der Waals surface area contributed by atoms with Gasteiger partial charge in [0.2, 0.25) is 106 Å². The second-order valence-corrected chi connectivity index (χ2v) is 21.9. The van der Waals surface area contributed by atoms with Crippen molar-refractivity contribution in [1.29, 1.82) is 0 Å². The molecule has 0 aliphatic carbocycles. The first-order chi connectivity index (χ1) is 48.4. The number of aromatic hydroxyl groups is 1. The van der Waals surface area contributed by atoms with Crippen LogP contribution in [0.25, 0.3) is 0 Å². The fourth-order valence-corrected chi connectivity index (χ4v) is 8.18. The zero-order valence-corrected chi connectivity index (χ0v) is 55.5. The average Bonchev–Trinajstić information content (AvgIpc) is 0.870. The quantitative estimate of drug-likeness (QED) is 0.0269. The van der Waals surface area contributed by atoms with E-state index in [1.165, 1.54) is 24.3 Å². The summed E-state index contributed by atoms with van der Waals surface area (Å²) >= 11 is 0. The van der Waals surface area contributed by atoms with Crippen LogP contribution in [0.5, 0.6) is 5.75 Å². The smallest absolute Gasteiger partial charge is 0.245 e. The maximum absolute atomic E-state index is 13.4. The third kappa shape index (κ3) is 36.8. The maximum atomic E-state index is 13.4. The van der Waals surface area contributed by atoms with Crippen LogP contribution in [0.15, 0.2) is 24.3 Å². The molecule has 102 heavy (non-hydrogen) atoms. The molecule has 45 nitrogen and oxygen atoms in total. The van der Waals surface area contributed by atoms with E-state index < -0.39 is 253 Å². The second-order valence-electron chi connectivity index (χ2n) is 21.9. The highest BCUT2D eigenvalue weighted by molar-refractivity contribution is 5.99. The van der Waals surface area contributed by atoms with Crippen LogP contribution in [-0.2, 0) is 92.7 Å². The molecule has 0 unspecified atom stereocenters. The van der Waals surface area contributed by atoms with E-state index in [4.69, 9.17) is 17.2 Å². The van der Waals surface area contributed by atoms with Crippen molar-refractivity contribution >= 4 is 106 Å². The van der Waals surface area contributed by atoms with Crippen molar-refractivity contribution in [1.82, 2.24) is 90.4 Å². The number of hydrogen-bond donors (Lipinski definition) is 27. The third-order valence-corrected chi connectivity index (χ3v) is 13.7. The van der Waals surface area contributed by atoms with E-state index in [0.29, 0.717) is 24.8 Å². The molecule has 30 N–H and O–H groups in total. The molecule has 45 heteroatoms. The molecule has 18 amide bonds. The van der Waals surface area contributed by atoms with Gasteiger partial charge in [0.05, 0.1) is 92.0 Å². The molecular weight excluding hydrogens is 1360 g/mol. The summed E-state index contributed by atoms with van der Waals surface area (Å²) in [5, 5.41) is 105. The Bertz CT molecular complexity index is 3040. The zero-order chi connectivity index (χ0) is 76.9. The van der Waals surface area contributed by atoms with Crippen molar-refractivity contribution in [3.63, 3.8) is 0 Å². The summed E-state index contributed by atoms with van der Waals surface area (Å²) in [7, 11) is 0. The number of carbonyl (C=O) groups excluding carboxylic acids is 18. The summed E-state index contributed by atoms with van der Waals surface area (Å²) in [6, 6.07) is -8.70. The van der Waals surface area contributed by atoms with Crippen LogP contribution in [0, 0.1) is 0 Å². The summed E-state index contributed by atoms with van der Waals surface area (Å²) in [5.74, 6) is -18.1. The highest BCUT2D eigenvalue weighted by Crippen LogP contribution is 2.12. The van der Waals surface area contributed by atoms with E-state index >= 15 is 0 Å². The molecule has 0 fully saturated rings. The molecule has 0 aliphatic rings. The summed E-state index contributed by atoms with van der Waals surface area (Å²) in [6.07, 6.45) is 0.882. The SMILES string of the molecule is CC(=O)N[C@@H](CO)C(=O)N[C@@H](Cc1ccc(O)cc1)C(=O)N[C@@H](CO)C(=O)NCC(=O)NCC(=O)NCC(=O)NCC(=O)N[C@@H](CO)C(=O)N[C@@H](CCCCN)C(=O)N[C@@H](CO)C(=O)NCC(=O)NCC(=O)NCC(=O)NCC(=O)N[C@@H](CO)C(=O)N[C@@H](CCCCN)C(=O)N[C@@H](CO)C(N)=O. The number of phenolic OH excluding ortho intramolecular Hbond substituents is 1. The highest BCUT2D eigenvalue weighted by atomic mass is 16.3. The number of amides is 18. The van der Waals surface area contributed by atoms with Gasteiger partial charge >= 0.3 is 0 Å². The Kier molecular flexibility index (Phi) is 43.4. The number of carbonyl (C=O) groups is 18. The summed E-state index contributed by atoms with van der Waals surface area (Å²) in [4.78, 5) is 227. The van der Waals surface area contributed by atoms with Crippen molar-refractivity contribution < 1.29 is 122 Å². The van der Waals surface area contributed by atoms with Crippen LogP contribution < -0.4 is 108 Å². The van der Waals surface area contributed by atoms with Gasteiger partial charge in [-0.2, -0.15) is 0 Å². The largest absolute Gasteiger partial charge is 0.508 e. The monoisotopic (exact) mass is 1460 g/mol. The molecule has 570 valence electrons. The van der Waals surface area contributed by atoms with Gasteiger partial charge in [-0.25, -0.2) is 0 Å². The van der Waals surface area contributed by atoms with E-state index in [1.54, 1.807) is 0 Å². The lowest BCUT2D eigenvalue weighted by Gasteiger charge is -2.24. The van der Waals surface area contributed by atoms with Gasteiger partial charge in [-0.05, 0) is 69.3 Å². The molecule has 1 rings (SSSR count). The average molecular weight is 1460 g/mol. The predicted octanol–water partition coefficient (Wildman–Crippen LogP) is -17.1. The van der Waals surface area contributed by atoms with Gasteiger partial charge in [0.1, 0.15) is 60.1 Å². The Labute approximate surface area is 581 Å². The molecule has 9 atom stereocenters. The van der Waals surface area contributed by atoms with Crippen LogP contribution >= 0.6 is 0 Å². The van der Waals surface area contributed by atoms with E-state index in [1.807, 2.05) is 0 Å². The molecule has 0 saturated heterocycles. The minimum Gasteiger partial charge on any atom is -0.508 e. The third-order valence-electron chi connectivity index (χ3n) is 13.7. The number of nitrogens with one attached hydrogen (secondary N) is 17. The predicted molar refractivity (Wildman–Crippen MR) is 346 cm³/mol. The van der Waals surface area contributed by atoms with Gasteiger partial charge < -0.3 is 143 Å². The molecular formula is C57H92N20O25. The van der Waals surface area contributed by atoms with Crippen molar-refractivity contribution in [2.24, 2.45) is 17.2 Å². The molecule has 0 bridgehead atoms. The lowest BCUT2D eigenvalue weighted by molar-refractivity contribution is -0.135. The molecule has 0 saturated carbocycles. The minimum absolute atomic E-state index is 0.00267. The van der Waals surface area contributed by atoms with E-state index in [-0.39, 0.29) is 44.5 Å². The van der Waals surface area contributed by atoms with Crippen molar-refractivity contribution in [3.8, 4) is 5.75 Å². The number of rotatable bonds is 50. The molecule has 0 aromatic heterocycles. The molecule has 0 spiro atoms. The Morgan fingerprint density at radius 2 is 0.569 bits per heavy atom. The Hall–Kier alpha value is -10.8. The number of nitrogens with two attached hydrogens (primary N) is 3. The van der Waals surface area contributed by atoms with Crippen molar-refractivity contribution in [3.05, 3.63) is 29.8 Å². The van der Waals surface area contributed by atoms with Gasteiger partial charge in [0, 0.05) is 13.3 Å². The van der Waals surface area contributed by atoms with Gasteiger partial charge in [0.15, 0.2) is 0 Å². The summed E-state index contributed by atoms with van der Waals surface area (Å²) in [5.41, 5.74) is 16.6. The fourth-order valence-electron chi connectivity index (χ4n) is 8.18. The minimum atomic E-state index is -1.76. The van der Waals surface area contributed by atoms with Crippen molar-refractivity contribution in [2.45, 2.75) is 106 Å². The number of benzene rings is 1. The number of aliphatic hydroxyl groups is 6. The summed E-state index contributed by atoms with van der Waals surface area (Å²) < 4.78 is 0. The van der Waals surface area contributed by atoms with Crippen molar-refractivity contribution in [2.75, 3.05) is 105 Å². The maximum Gasteiger partial charge on any atom is 0.245 e. The van der Waals surface area contributed by atoms with E-state index in [0.717, 1.165) is 6.92 Å². The molecule has 1 aromatic carbocycles.